The molecule has 0 saturated heterocycles. The van der Waals surface area contributed by atoms with Crippen molar-refractivity contribution in [2.45, 2.75) is 17.3 Å². The number of aromatic nitrogens is 3. The van der Waals surface area contributed by atoms with Gasteiger partial charge in [0.05, 0.1) is 5.25 Å². The monoisotopic (exact) mass is 246 g/mol. The lowest BCUT2D eigenvalue weighted by atomic mass is 10.2. The van der Waals surface area contributed by atoms with Gasteiger partial charge in [-0.15, -0.1) is 0 Å². The molecule has 2 aromatic rings. The molecule has 88 valence electrons. The van der Waals surface area contributed by atoms with Crippen LogP contribution in [0.4, 0.5) is 0 Å². The van der Waals surface area contributed by atoms with Crippen LogP contribution >= 0.6 is 11.8 Å². The Bertz CT molecular complexity index is 475. The standard InChI is InChI=1S/C12H14N4S/c1-9-4-6-15-12(16-9)17-11(7-13)10-3-2-5-14-8-10/h2-6,8,11H,7,13H2,1H3. The van der Waals surface area contributed by atoms with Crippen LogP contribution in [0.15, 0.2) is 41.9 Å². The molecule has 5 heteroatoms. The second-order valence-electron chi connectivity index (χ2n) is 3.61. The number of hydrogen-bond donors (Lipinski definition) is 1. The third-order valence-corrected chi connectivity index (χ3v) is 3.45. The Morgan fingerprint density at radius 3 is 2.88 bits per heavy atom. The summed E-state index contributed by atoms with van der Waals surface area (Å²) in [6, 6.07) is 5.81. The molecule has 0 bridgehead atoms. The molecule has 0 aliphatic carbocycles. The summed E-state index contributed by atoms with van der Waals surface area (Å²) in [5, 5.41) is 0.898. The highest BCUT2D eigenvalue weighted by molar-refractivity contribution is 7.99. The molecule has 0 aromatic carbocycles. The molecule has 2 aromatic heterocycles. The number of aryl methyl sites for hydroxylation is 1. The number of nitrogens with two attached hydrogens (primary N) is 1. The van der Waals surface area contributed by atoms with Gasteiger partial charge >= 0.3 is 0 Å². The van der Waals surface area contributed by atoms with Crippen molar-refractivity contribution in [1.82, 2.24) is 15.0 Å². The highest BCUT2D eigenvalue weighted by Crippen LogP contribution is 2.31. The number of rotatable bonds is 4. The van der Waals surface area contributed by atoms with Gasteiger partial charge in [0.25, 0.3) is 0 Å². The molecule has 0 amide bonds. The molecule has 2 N–H and O–H groups in total. The smallest absolute Gasteiger partial charge is 0.188 e. The molecule has 0 radical (unpaired) electrons. The lowest BCUT2D eigenvalue weighted by Gasteiger charge is -2.13. The van der Waals surface area contributed by atoms with E-state index >= 15 is 0 Å². The summed E-state index contributed by atoms with van der Waals surface area (Å²) in [4.78, 5) is 12.7. The zero-order chi connectivity index (χ0) is 12.1. The minimum absolute atomic E-state index is 0.144. The van der Waals surface area contributed by atoms with E-state index in [0.29, 0.717) is 6.54 Å². The van der Waals surface area contributed by atoms with Gasteiger partial charge in [0, 0.05) is 30.8 Å². The van der Waals surface area contributed by atoms with Gasteiger partial charge in [0.15, 0.2) is 5.16 Å². The first-order chi connectivity index (χ1) is 8.29. The van der Waals surface area contributed by atoms with Crippen molar-refractivity contribution in [1.29, 1.82) is 0 Å². The first-order valence-electron chi connectivity index (χ1n) is 5.36. The minimum atomic E-state index is 0.144. The van der Waals surface area contributed by atoms with E-state index in [2.05, 4.69) is 15.0 Å². The quantitative estimate of drug-likeness (QED) is 0.660. The molecule has 0 spiro atoms. The van der Waals surface area contributed by atoms with Crippen LogP contribution in [0.3, 0.4) is 0 Å². The van der Waals surface area contributed by atoms with Crippen LogP contribution in [0.2, 0.25) is 0 Å². The Morgan fingerprint density at radius 2 is 2.24 bits per heavy atom. The minimum Gasteiger partial charge on any atom is -0.329 e. The maximum absolute atomic E-state index is 5.79. The lowest BCUT2D eigenvalue weighted by Crippen LogP contribution is -2.10. The topological polar surface area (TPSA) is 64.7 Å². The van der Waals surface area contributed by atoms with Crippen molar-refractivity contribution >= 4 is 11.8 Å². The molecule has 2 rings (SSSR count). The Kier molecular flexibility index (Phi) is 4.06. The summed E-state index contributed by atoms with van der Waals surface area (Å²) < 4.78 is 0. The van der Waals surface area contributed by atoms with Crippen molar-refractivity contribution in [3.05, 3.63) is 48.0 Å². The van der Waals surface area contributed by atoms with Gasteiger partial charge in [-0.3, -0.25) is 4.98 Å². The van der Waals surface area contributed by atoms with Crippen LogP contribution in [0, 0.1) is 6.92 Å². The van der Waals surface area contributed by atoms with E-state index in [0.717, 1.165) is 16.4 Å². The average Bonchev–Trinajstić information content (AvgIpc) is 2.37. The summed E-state index contributed by atoms with van der Waals surface area (Å²) in [7, 11) is 0. The first-order valence-corrected chi connectivity index (χ1v) is 6.24. The Hall–Kier alpha value is -1.46. The molecule has 0 aliphatic rings. The first kappa shape index (κ1) is 12.0. The second kappa shape index (κ2) is 5.75. The van der Waals surface area contributed by atoms with Gasteiger partial charge in [0.1, 0.15) is 0 Å². The van der Waals surface area contributed by atoms with Crippen molar-refractivity contribution < 1.29 is 0 Å². The Morgan fingerprint density at radius 1 is 1.35 bits per heavy atom. The fourth-order valence-electron chi connectivity index (χ4n) is 1.43. The number of hydrogen-bond acceptors (Lipinski definition) is 5. The van der Waals surface area contributed by atoms with Gasteiger partial charge in [-0.1, -0.05) is 17.8 Å². The van der Waals surface area contributed by atoms with Crippen LogP contribution in [0.25, 0.3) is 0 Å². The normalized spacial score (nSPS) is 12.4. The highest BCUT2D eigenvalue weighted by Gasteiger charge is 2.13. The SMILES string of the molecule is Cc1ccnc(SC(CN)c2cccnc2)n1. The van der Waals surface area contributed by atoms with Gasteiger partial charge in [-0.25, -0.2) is 9.97 Å². The summed E-state index contributed by atoms with van der Waals surface area (Å²) >= 11 is 1.57. The lowest BCUT2D eigenvalue weighted by molar-refractivity contribution is 0.891. The molecule has 4 nitrogen and oxygen atoms in total. The molecule has 0 fully saturated rings. The molecule has 1 unspecified atom stereocenters. The van der Waals surface area contributed by atoms with Crippen LogP contribution in [0.5, 0.6) is 0 Å². The summed E-state index contributed by atoms with van der Waals surface area (Å²) in [5.74, 6) is 0. The average molecular weight is 246 g/mol. The second-order valence-corrected chi connectivity index (χ2v) is 4.78. The molecule has 2 heterocycles. The van der Waals surface area contributed by atoms with E-state index < -0.39 is 0 Å². The van der Waals surface area contributed by atoms with Crippen LogP contribution in [0.1, 0.15) is 16.5 Å². The highest BCUT2D eigenvalue weighted by atomic mass is 32.2. The summed E-state index contributed by atoms with van der Waals surface area (Å²) in [5.41, 5.74) is 7.85. The number of thioether (sulfide) groups is 1. The fraction of sp³-hybridized carbons (Fsp3) is 0.250. The van der Waals surface area contributed by atoms with Crippen molar-refractivity contribution in [2.75, 3.05) is 6.54 Å². The summed E-state index contributed by atoms with van der Waals surface area (Å²) in [6.45, 7) is 2.49. The number of nitrogens with zero attached hydrogens (tertiary/aromatic N) is 3. The predicted octanol–water partition coefficient (Wildman–Crippen LogP) is 1.97. The molecular formula is C12H14N4S. The zero-order valence-corrected chi connectivity index (χ0v) is 10.4. The largest absolute Gasteiger partial charge is 0.329 e. The van der Waals surface area contributed by atoms with Crippen molar-refractivity contribution in [2.24, 2.45) is 5.73 Å². The van der Waals surface area contributed by atoms with E-state index in [1.54, 1.807) is 24.2 Å². The molecule has 17 heavy (non-hydrogen) atoms. The van der Waals surface area contributed by atoms with Gasteiger partial charge in [-0.05, 0) is 24.6 Å². The molecule has 0 saturated carbocycles. The van der Waals surface area contributed by atoms with Gasteiger partial charge in [0.2, 0.25) is 0 Å². The van der Waals surface area contributed by atoms with Crippen LogP contribution in [-0.4, -0.2) is 21.5 Å². The maximum Gasteiger partial charge on any atom is 0.188 e. The van der Waals surface area contributed by atoms with E-state index in [-0.39, 0.29) is 5.25 Å². The molecular weight excluding hydrogens is 232 g/mol. The Labute approximate surface area is 105 Å². The molecule has 1 atom stereocenters. The van der Waals surface area contributed by atoms with Crippen molar-refractivity contribution in [3.8, 4) is 0 Å². The van der Waals surface area contributed by atoms with Crippen LogP contribution in [-0.2, 0) is 0 Å². The zero-order valence-electron chi connectivity index (χ0n) is 9.58. The third kappa shape index (κ3) is 3.25. The predicted molar refractivity (Wildman–Crippen MR) is 68.7 cm³/mol. The van der Waals surface area contributed by atoms with E-state index in [9.17, 15) is 0 Å². The van der Waals surface area contributed by atoms with E-state index in [4.69, 9.17) is 5.73 Å². The Balaban J connectivity index is 2.16. The molecule has 0 aliphatic heterocycles. The van der Waals surface area contributed by atoms with Gasteiger partial charge < -0.3 is 5.73 Å². The maximum atomic E-state index is 5.79. The van der Waals surface area contributed by atoms with E-state index in [1.807, 2.05) is 31.3 Å². The number of pyridine rings is 1. The third-order valence-electron chi connectivity index (χ3n) is 2.29. The van der Waals surface area contributed by atoms with E-state index in [1.165, 1.54) is 0 Å². The van der Waals surface area contributed by atoms with Crippen LogP contribution < -0.4 is 5.73 Å². The fourth-order valence-corrected chi connectivity index (χ4v) is 2.37. The summed E-state index contributed by atoms with van der Waals surface area (Å²) in [6.07, 6.45) is 5.35. The van der Waals surface area contributed by atoms with Gasteiger partial charge in [-0.2, -0.15) is 0 Å². The van der Waals surface area contributed by atoms with Crippen molar-refractivity contribution in [3.63, 3.8) is 0 Å².